The molecule has 0 aliphatic rings. The molecule has 2 rings (SSSR count). The molecule has 1 amide bonds. The Labute approximate surface area is 133 Å². The van der Waals surface area contributed by atoms with Crippen molar-refractivity contribution in [2.24, 2.45) is 5.73 Å². The Balaban J connectivity index is 0.00000242. The van der Waals surface area contributed by atoms with Crippen LogP contribution in [0.1, 0.15) is 17.9 Å². The molecule has 8 heteroatoms. The number of nitrogens with two attached hydrogens (primary N) is 1. The Kier molecular flexibility index (Phi) is 6.94. The summed E-state index contributed by atoms with van der Waals surface area (Å²) in [6.45, 7) is 2.52. The number of benzene rings is 1. The van der Waals surface area contributed by atoms with Crippen LogP contribution in [0.25, 0.3) is 11.4 Å². The molecule has 0 aliphatic heterocycles. The Morgan fingerprint density at radius 1 is 1.45 bits per heavy atom. The van der Waals surface area contributed by atoms with Gasteiger partial charge in [0.15, 0.2) is 0 Å². The van der Waals surface area contributed by atoms with Gasteiger partial charge in [0.25, 0.3) is 0 Å². The van der Waals surface area contributed by atoms with E-state index in [9.17, 15) is 9.18 Å². The van der Waals surface area contributed by atoms with E-state index in [1.165, 1.54) is 6.07 Å². The maximum absolute atomic E-state index is 13.5. The highest BCUT2D eigenvalue weighted by Gasteiger charge is 2.11. The topological polar surface area (TPSA) is 94.0 Å². The maximum atomic E-state index is 13.5. The molecule has 0 saturated heterocycles. The maximum Gasteiger partial charge on any atom is 0.227 e. The number of amides is 1. The van der Waals surface area contributed by atoms with E-state index >= 15 is 0 Å². The molecule has 0 unspecified atom stereocenters. The first-order chi connectivity index (χ1) is 10.1. The molecule has 1 aromatic heterocycles. The molecule has 22 heavy (non-hydrogen) atoms. The fraction of sp³-hybridized carbons (Fsp3) is 0.357. The zero-order chi connectivity index (χ0) is 15.2. The van der Waals surface area contributed by atoms with E-state index in [0.29, 0.717) is 42.4 Å². The zero-order valence-electron chi connectivity index (χ0n) is 12.1. The van der Waals surface area contributed by atoms with E-state index in [0.717, 1.165) is 0 Å². The summed E-state index contributed by atoms with van der Waals surface area (Å²) in [7, 11) is 0. The van der Waals surface area contributed by atoms with Crippen molar-refractivity contribution in [2.45, 2.75) is 19.8 Å². The number of nitrogens with one attached hydrogen (secondary N) is 1. The van der Waals surface area contributed by atoms with Gasteiger partial charge in [-0.1, -0.05) is 17.3 Å². The van der Waals surface area contributed by atoms with Crippen molar-refractivity contribution in [1.29, 1.82) is 0 Å². The van der Waals surface area contributed by atoms with Crippen LogP contribution in [0.15, 0.2) is 22.7 Å². The largest absolute Gasteiger partial charge is 0.355 e. The summed E-state index contributed by atoms with van der Waals surface area (Å²) in [5.74, 6) is 0.210. The molecule has 0 bridgehead atoms. The minimum Gasteiger partial charge on any atom is -0.355 e. The van der Waals surface area contributed by atoms with Gasteiger partial charge in [-0.25, -0.2) is 4.39 Å². The molecule has 6 nitrogen and oxygen atoms in total. The van der Waals surface area contributed by atoms with E-state index in [1.54, 1.807) is 19.1 Å². The zero-order valence-corrected chi connectivity index (χ0v) is 13.0. The number of halogens is 2. The molecule has 0 atom stereocenters. The van der Waals surface area contributed by atoms with Crippen molar-refractivity contribution >= 4 is 18.3 Å². The lowest BCUT2D eigenvalue weighted by Gasteiger charge is -2.00. The third kappa shape index (κ3) is 4.78. The Morgan fingerprint density at radius 2 is 2.23 bits per heavy atom. The van der Waals surface area contributed by atoms with Crippen molar-refractivity contribution in [3.8, 4) is 11.4 Å². The highest BCUT2D eigenvalue weighted by Crippen LogP contribution is 2.19. The molecular formula is C14H18ClFN4O2. The Bertz CT molecular complexity index is 633. The standard InChI is InChI=1S/C14H17FN4O2.ClH/c1-9-2-3-10(8-11(9)15)14-18-13(21-19-14)5-4-12(20)17-7-6-16;/h2-3,8H,4-7,16H2,1H3,(H,17,20);1H. The summed E-state index contributed by atoms with van der Waals surface area (Å²) < 4.78 is 18.6. The molecule has 0 saturated carbocycles. The molecule has 1 aromatic carbocycles. The van der Waals surface area contributed by atoms with Gasteiger partial charge in [-0.15, -0.1) is 12.4 Å². The Hall–Kier alpha value is -1.99. The predicted octanol–water partition coefficient (Wildman–Crippen LogP) is 1.61. The lowest BCUT2D eigenvalue weighted by Crippen LogP contribution is -2.29. The highest BCUT2D eigenvalue weighted by molar-refractivity contribution is 5.85. The van der Waals surface area contributed by atoms with Gasteiger partial charge in [-0.05, 0) is 18.6 Å². The fourth-order valence-corrected chi connectivity index (χ4v) is 1.73. The molecule has 0 spiro atoms. The normalized spacial score (nSPS) is 10.1. The number of aryl methyl sites for hydroxylation is 2. The number of carbonyl (C=O) groups excluding carboxylic acids is 1. The smallest absolute Gasteiger partial charge is 0.227 e. The van der Waals surface area contributed by atoms with Gasteiger partial charge in [0, 0.05) is 31.5 Å². The van der Waals surface area contributed by atoms with Crippen molar-refractivity contribution in [3.63, 3.8) is 0 Å². The van der Waals surface area contributed by atoms with Gasteiger partial charge in [0.2, 0.25) is 17.6 Å². The van der Waals surface area contributed by atoms with E-state index in [1.807, 2.05) is 0 Å². The van der Waals surface area contributed by atoms with Crippen LogP contribution in [0.2, 0.25) is 0 Å². The first-order valence-corrected chi connectivity index (χ1v) is 6.66. The van der Waals surface area contributed by atoms with Gasteiger partial charge in [0.1, 0.15) is 5.82 Å². The molecule has 2 aromatic rings. The highest BCUT2D eigenvalue weighted by atomic mass is 35.5. The lowest BCUT2D eigenvalue weighted by atomic mass is 10.1. The monoisotopic (exact) mass is 328 g/mol. The summed E-state index contributed by atoms with van der Waals surface area (Å²) >= 11 is 0. The van der Waals surface area contributed by atoms with Gasteiger partial charge in [-0.3, -0.25) is 4.79 Å². The van der Waals surface area contributed by atoms with E-state index < -0.39 is 0 Å². The van der Waals surface area contributed by atoms with Crippen molar-refractivity contribution < 1.29 is 13.7 Å². The van der Waals surface area contributed by atoms with Crippen LogP contribution in [0.4, 0.5) is 4.39 Å². The van der Waals surface area contributed by atoms with Gasteiger partial charge < -0.3 is 15.6 Å². The number of aromatic nitrogens is 2. The second kappa shape index (κ2) is 8.45. The molecule has 0 radical (unpaired) electrons. The second-order valence-corrected chi connectivity index (χ2v) is 4.61. The quantitative estimate of drug-likeness (QED) is 0.840. The van der Waals surface area contributed by atoms with Gasteiger partial charge >= 0.3 is 0 Å². The number of nitrogens with zero attached hydrogens (tertiary/aromatic N) is 2. The van der Waals surface area contributed by atoms with Gasteiger partial charge in [-0.2, -0.15) is 4.98 Å². The summed E-state index contributed by atoms with van der Waals surface area (Å²) in [6.07, 6.45) is 0.571. The summed E-state index contributed by atoms with van der Waals surface area (Å²) in [6, 6.07) is 4.74. The van der Waals surface area contributed by atoms with Crippen molar-refractivity contribution in [2.75, 3.05) is 13.1 Å². The van der Waals surface area contributed by atoms with Crippen LogP contribution in [-0.2, 0) is 11.2 Å². The Morgan fingerprint density at radius 3 is 2.91 bits per heavy atom. The molecular weight excluding hydrogens is 311 g/mol. The van der Waals surface area contributed by atoms with E-state index in [-0.39, 0.29) is 30.6 Å². The second-order valence-electron chi connectivity index (χ2n) is 4.61. The summed E-state index contributed by atoms with van der Waals surface area (Å²) in [5, 5.41) is 6.44. The number of rotatable bonds is 6. The molecule has 1 heterocycles. The third-order valence-corrected chi connectivity index (χ3v) is 2.93. The summed E-state index contributed by atoms with van der Waals surface area (Å²) in [4.78, 5) is 15.6. The van der Waals surface area contributed by atoms with E-state index in [2.05, 4.69) is 15.5 Å². The van der Waals surface area contributed by atoms with Crippen molar-refractivity contribution in [3.05, 3.63) is 35.5 Å². The van der Waals surface area contributed by atoms with Crippen LogP contribution in [0.3, 0.4) is 0 Å². The molecule has 120 valence electrons. The SMILES string of the molecule is Cc1ccc(-c2noc(CCC(=O)NCCN)n2)cc1F.Cl. The van der Waals surface area contributed by atoms with Gasteiger partial charge in [0.05, 0.1) is 0 Å². The van der Waals surface area contributed by atoms with Crippen LogP contribution >= 0.6 is 12.4 Å². The van der Waals surface area contributed by atoms with Crippen LogP contribution in [0, 0.1) is 12.7 Å². The van der Waals surface area contributed by atoms with Crippen LogP contribution in [-0.4, -0.2) is 29.1 Å². The number of carbonyl (C=O) groups is 1. The average molecular weight is 329 g/mol. The first-order valence-electron chi connectivity index (χ1n) is 6.66. The molecule has 3 N–H and O–H groups in total. The lowest BCUT2D eigenvalue weighted by molar-refractivity contribution is -0.121. The number of hydrogen-bond acceptors (Lipinski definition) is 5. The van der Waals surface area contributed by atoms with Crippen LogP contribution < -0.4 is 11.1 Å². The van der Waals surface area contributed by atoms with Crippen molar-refractivity contribution in [1.82, 2.24) is 15.5 Å². The first kappa shape index (κ1) is 18.1. The molecule has 0 aliphatic carbocycles. The predicted molar refractivity (Wildman–Crippen MR) is 82.1 cm³/mol. The van der Waals surface area contributed by atoms with Crippen LogP contribution in [0.5, 0.6) is 0 Å². The molecule has 0 fully saturated rings. The van der Waals surface area contributed by atoms with E-state index in [4.69, 9.17) is 10.3 Å². The third-order valence-electron chi connectivity index (χ3n) is 2.93. The fourth-order valence-electron chi connectivity index (χ4n) is 1.73. The minimum atomic E-state index is -0.319. The number of hydrogen-bond donors (Lipinski definition) is 2. The minimum absolute atomic E-state index is 0. The summed E-state index contributed by atoms with van der Waals surface area (Å²) in [5.41, 5.74) is 6.39. The average Bonchev–Trinajstić information content (AvgIpc) is 2.94.